The molecule has 0 spiro atoms. The van der Waals surface area contributed by atoms with E-state index in [1.54, 1.807) is 11.3 Å². The quantitative estimate of drug-likeness (QED) is 0.861. The van der Waals surface area contributed by atoms with Crippen molar-refractivity contribution in [3.05, 3.63) is 29.1 Å². The van der Waals surface area contributed by atoms with E-state index in [1.807, 2.05) is 24.6 Å². The van der Waals surface area contributed by atoms with Gasteiger partial charge in [0.25, 0.3) is 0 Å². The first kappa shape index (κ1) is 12.6. The molecule has 2 aromatic rings. The molecule has 0 aliphatic carbocycles. The summed E-state index contributed by atoms with van der Waals surface area (Å²) in [5, 5.41) is 7.10. The summed E-state index contributed by atoms with van der Waals surface area (Å²) in [4.78, 5) is 9.19. The lowest BCUT2D eigenvalue weighted by Gasteiger charge is -2.39. The van der Waals surface area contributed by atoms with Crippen molar-refractivity contribution in [2.24, 2.45) is 0 Å². The van der Waals surface area contributed by atoms with Gasteiger partial charge in [0.15, 0.2) is 10.9 Å². The fourth-order valence-electron chi connectivity index (χ4n) is 2.53. The van der Waals surface area contributed by atoms with Gasteiger partial charge in [-0.1, -0.05) is 5.16 Å². The summed E-state index contributed by atoms with van der Waals surface area (Å²) in [7, 11) is 0. The molecule has 19 heavy (non-hydrogen) atoms. The second kappa shape index (κ2) is 5.30. The molecule has 0 radical (unpaired) electrons. The molecule has 1 atom stereocenters. The maximum Gasteiger partial charge on any atom is 0.185 e. The summed E-state index contributed by atoms with van der Waals surface area (Å²) in [6, 6.07) is 2.49. The second-order valence-electron chi connectivity index (χ2n) is 5.03. The van der Waals surface area contributed by atoms with Crippen LogP contribution in [0.25, 0.3) is 0 Å². The van der Waals surface area contributed by atoms with Crippen LogP contribution in [0.15, 0.2) is 22.2 Å². The van der Waals surface area contributed by atoms with E-state index in [0.29, 0.717) is 6.04 Å². The number of aromatic nitrogens is 2. The van der Waals surface area contributed by atoms with Crippen molar-refractivity contribution < 1.29 is 4.52 Å². The summed E-state index contributed by atoms with van der Waals surface area (Å²) in [5.41, 5.74) is 0.949. The maximum atomic E-state index is 5.29. The van der Waals surface area contributed by atoms with Crippen molar-refractivity contribution in [3.63, 3.8) is 0 Å². The lowest BCUT2D eigenvalue weighted by Crippen LogP contribution is -2.51. The van der Waals surface area contributed by atoms with Gasteiger partial charge in [0.2, 0.25) is 0 Å². The minimum atomic E-state index is 0.476. The van der Waals surface area contributed by atoms with Gasteiger partial charge in [-0.05, 0) is 13.8 Å². The fraction of sp³-hybridized carbons (Fsp3) is 0.538. The Morgan fingerprint density at radius 1 is 1.47 bits per heavy atom. The molecule has 3 heterocycles. The first-order valence-electron chi connectivity index (χ1n) is 6.53. The lowest BCUT2D eigenvalue weighted by molar-refractivity contribution is 0.197. The van der Waals surface area contributed by atoms with Crippen LogP contribution in [0.3, 0.4) is 0 Å². The van der Waals surface area contributed by atoms with Crippen LogP contribution in [0.1, 0.15) is 18.4 Å². The Hall–Kier alpha value is -1.40. The van der Waals surface area contributed by atoms with Crippen molar-refractivity contribution in [3.8, 4) is 0 Å². The van der Waals surface area contributed by atoms with Crippen molar-refractivity contribution in [1.29, 1.82) is 0 Å². The van der Waals surface area contributed by atoms with E-state index in [0.717, 1.165) is 42.8 Å². The third-order valence-corrected chi connectivity index (χ3v) is 4.24. The number of rotatable bonds is 3. The highest BCUT2D eigenvalue weighted by Gasteiger charge is 2.25. The zero-order valence-corrected chi connectivity index (χ0v) is 12.1. The number of nitrogens with zero attached hydrogens (tertiary/aromatic N) is 4. The predicted molar refractivity (Wildman–Crippen MR) is 75.4 cm³/mol. The molecule has 1 unspecified atom stereocenters. The van der Waals surface area contributed by atoms with E-state index >= 15 is 0 Å². The van der Waals surface area contributed by atoms with Crippen LogP contribution >= 0.6 is 11.3 Å². The monoisotopic (exact) mass is 278 g/mol. The van der Waals surface area contributed by atoms with Crippen LogP contribution in [-0.4, -0.2) is 40.7 Å². The molecule has 1 saturated heterocycles. The molecule has 6 heteroatoms. The molecular weight excluding hydrogens is 260 g/mol. The molecule has 0 N–H and O–H groups in total. The summed E-state index contributed by atoms with van der Waals surface area (Å²) in [6.07, 6.45) is 1.87. The molecule has 1 aliphatic rings. The highest BCUT2D eigenvalue weighted by Crippen LogP contribution is 2.23. The predicted octanol–water partition coefficient (Wildman–Crippen LogP) is 2.15. The van der Waals surface area contributed by atoms with Gasteiger partial charge < -0.3 is 9.42 Å². The molecular formula is C13H18N4OS. The molecule has 0 aromatic carbocycles. The number of piperazine rings is 1. The van der Waals surface area contributed by atoms with Gasteiger partial charge >= 0.3 is 0 Å². The van der Waals surface area contributed by atoms with Gasteiger partial charge in [0.1, 0.15) is 0 Å². The molecule has 5 nitrogen and oxygen atoms in total. The minimum absolute atomic E-state index is 0.476. The van der Waals surface area contributed by atoms with Crippen molar-refractivity contribution in [1.82, 2.24) is 15.0 Å². The van der Waals surface area contributed by atoms with Crippen LogP contribution in [0, 0.1) is 6.92 Å². The van der Waals surface area contributed by atoms with E-state index in [1.165, 1.54) is 0 Å². The Morgan fingerprint density at radius 3 is 3.00 bits per heavy atom. The Kier molecular flexibility index (Phi) is 3.52. The van der Waals surface area contributed by atoms with Crippen molar-refractivity contribution in [2.45, 2.75) is 26.4 Å². The van der Waals surface area contributed by atoms with Gasteiger partial charge in [-0.3, -0.25) is 4.90 Å². The Labute approximate surface area is 116 Å². The fourth-order valence-corrected chi connectivity index (χ4v) is 3.30. The van der Waals surface area contributed by atoms with Crippen LogP contribution in [0.2, 0.25) is 0 Å². The number of anilines is 1. The van der Waals surface area contributed by atoms with E-state index < -0.39 is 0 Å². The first-order chi connectivity index (χ1) is 9.22. The van der Waals surface area contributed by atoms with E-state index in [-0.39, 0.29) is 0 Å². The summed E-state index contributed by atoms with van der Waals surface area (Å²) in [5.74, 6) is 0.951. The smallest absolute Gasteiger partial charge is 0.185 e. The SMILES string of the molecule is Cc1cc(CN2CCN(c3nccs3)C(C)C2)on1. The van der Waals surface area contributed by atoms with Gasteiger partial charge in [0, 0.05) is 43.3 Å². The van der Waals surface area contributed by atoms with Gasteiger partial charge in [-0.15, -0.1) is 11.3 Å². The standard InChI is InChI=1S/C13H18N4OS/c1-10-7-12(18-15-10)9-16-4-5-17(11(2)8-16)13-14-3-6-19-13/h3,6-7,11H,4-5,8-9H2,1-2H3. The zero-order valence-electron chi connectivity index (χ0n) is 11.2. The Balaban J connectivity index is 1.61. The van der Waals surface area contributed by atoms with E-state index in [4.69, 9.17) is 4.52 Å². The topological polar surface area (TPSA) is 45.4 Å². The lowest BCUT2D eigenvalue weighted by atomic mass is 10.2. The molecule has 102 valence electrons. The first-order valence-corrected chi connectivity index (χ1v) is 7.41. The minimum Gasteiger partial charge on any atom is -0.360 e. The summed E-state index contributed by atoms with van der Waals surface area (Å²) >= 11 is 1.71. The molecule has 2 aromatic heterocycles. The highest BCUT2D eigenvalue weighted by molar-refractivity contribution is 7.13. The van der Waals surface area contributed by atoms with Crippen LogP contribution in [0.4, 0.5) is 5.13 Å². The van der Waals surface area contributed by atoms with Crippen LogP contribution in [-0.2, 0) is 6.54 Å². The molecule has 0 amide bonds. The third-order valence-electron chi connectivity index (χ3n) is 3.43. The molecule has 0 bridgehead atoms. The van der Waals surface area contributed by atoms with E-state index in [2.05, 4.69) is 26.9 Å². The largest absolute Gasteiger partial charge is 0.360 e. The normalized spacial score (nSPS) is 20.9. The summed E-state index contributed by atoms with van der Waals surface area (Å²) < 4.78 is 5.29. The van der Waals surface area contributed by atoms with Crippen LogP contribution in [0.5, 0.6) is 0 Å². The van der Waals surface area contributed by atoms with Gasteiger partial charge in [0.05, 0.1) is 12.2 Å². The maximum absolute atomic E-state index is 5.29. The number of hydrogen-bond donors (Lipinski definition) is 0. The highest BCUT2D eigenvalue weighted by atomic mass is 32.1. The van der Waals surface area contributed by atoms with Gasteiger partial charge in [-0.2, -0.15) is 0 Å². The molecule has 3 rings (SSSR count). The number of thiazole rings is 1. The second-order valence-corrected chi connectivity index (χ2v) is 5.90. The van der Waals surface area contributed by atoms with Crippen LogP contribution < -0.4 is 4.90 Å². The molecule has 1 fully saturated rings. The van der Waals surface area contributed by atoms with Gasteiger partial charge in [-0.25, -0.2) is 4.98 Å². The molecule has 1 aliphatic heterocycles. The number of aryl methyl sites for hydroxylation is 1. The number of hydrogen-bond acceptors (Lipinski definition) is 6. The van der Waals surface area contributed by atoms with E-state index in [9.17, 15) is 0 Å². The Morgan fingerprint density at radius 2 is 2.37 bits per heavy atom. The third kappa shape index (κ3) is 2.79. The zero-order chi connectivity index (χ0) is 13.2. The molecule has 0 saturated carbocycles. The average Bonchev–Trinajstić information content (AvgIpc) is 3.01. The van der Waals surface area contributed by atoms with Crippen molar-refractivity contribution >= 4 is 16.5 Å². The Bertz CT molecular complexity index is 524. The summed E-state index contributed by atoms with van der Waals surface area (Å²) in [6.45, 7) is 8.12. The average molecular weight is 278 g/mol. The van der Waals surface area contributed by atoms with Crippen molar-refractivity contribution in [2.75, 3.05) is 24.5 Å².